The molecule has 2 aliphatic rings. The molecule has 0 saturated carbocycles. The number of furan rings is 1. The highest BCUT2D eigenvalue weighted by Gasteiger charge is 2.47. The third-order valence-corrected chi connectivity index (χ3v) is 17.5. The van der Waals surface area contributed by atoms with Crippen LogP contribution in [0.1, 0.15) is 44.5 Å². The maximum absolute atomic E-state index is 5.84. The maximum Gasteiger partial charge on any atom is 0.133 e. The lowest BCUT2D eigenvalue weighted by atomic mass is 9.67. The molecule has 0 unspecified atom stereocenters. The van der Waals surface area contributed by atoms with Crippen molar-refractivity contribution in [3.8, 4) is 44.5 Å². The molecule has 2 heteroatoms. The van der Waals surface area contributed by atoms with E-state index in [1.165, 1.54) is 99.4 Å². The van der Waals surface area contributed by atoms with Gasteiger partial charge in [0.2, 0.25) is 0 Å². The fourth-order valence-corrected chi connectivity index (χ4v) is 14.1. The van der Waals surface area contributed by atoms with Crippen molar-refractivity contribution in [3.63, 3.8) is 0 Å². The highest BCUT2D eigenvalue weighted by atomic mass is 16.3. The fraction of sp³-hybridized carbons (Fsp3) is 0.0256. The second kappa shape index (κ2) is 18.2. The second-order valence-corrected chi connectivity index (χ2v) is 21.4. The van der Waals surface area contributed by atoms with E-state index in [-0.39, 0.29) is 0 Å². The summed E-state index contributed by atoms with van der Waals surface area (Å²) in [5.41, 5.74) is 23.1. The Morgan fingerprint density at radius 3 is 1.40 bits per heavy atom. The van der Waals surface area contributed by atoms with E-state index >= 15 is 0 Å². The minimum atomic E-state index is -0.513. The lowest BCUT2D eigenvalue weighted by Crippen LogP contribution is -2.28. The summed E-state index contributed by atoms with van der Waals surface area (Å²) in [5.74, 6) is 0. The van der Waals surface area contributed by atoms with Crippen LogP contribution in [0.15, 0.2) is 314 Å². The Morgan fingerprint density at radius 1 is 0.275 bits per heavy atom. The number of anilines is 3. The van der Waals surface area contributed by atoms with Gasteiger partial charge in [0.05, 0.1) is 22.8 Å². The van der Waals surface area contributed by atoms with Crippen LogP contribution in [0.3, 0.4) is 0 Å². The Bertz CT molecular complexity index is 4610. The molecule has 14 aromatic rings. The first-order valence-electron chi connectivity index (χ1n) is 27.7. The van der Waals surface area contributed by atoms with Gasteiger partial charge >= 0.3 is 0 Å². The third-order valence-electron chi connectivity index (χ3n) is 17.5. The van der Waals surface area contributed by atoms with Gasteiger partial charge in [-0.15, -0.1) is 0 Å². The quantitative estimate of drug-likeness (QED) is 0.134. The highest BCUT2D eigenvalue weighted by molar-refractivity contribution is 6.19. The Balaban J connectivity index is 0.901. The molecule has 0 radical (unpaired) electrons. The topological polar surface area (TPSA) is 16.4 Å². The predicted octanol–water partition coefficient (Wildman–Crippen LogP) is 20.3. The van der Waals surface area contributed by atoms with E-state index in [1.54, 1.807) is 6.26 Å². The van der Waals surface area contributed by atoms with Crippen molar-refractivity contribution in [1.29, 1.82) is 0 Å². The van der Waals surface area contributed by atoms with Crippen molar-refractivity contribution in [2.75, 3.05) is 4.90 Å². The molecule has 0 fully saturated rings. The molecule has 0 bridgehead atoms. The molecular formula is C78H51NO. The number of nitrogens with zero attached hydrogens (tertiary/aromatic N) is 1. The Kier molecular flexibility index (Phi) is 10.4. The highest BCUT2D eigenvalue weighted by Crippen LogP contribution is 2.59. The molecule has 16 rings (SSSR count). The molecule has 0 atom stereocenters. The first kappa shape index (κ1) is 45.9. The van der Waals surface area contributed by atoms with Crippen molar-refractivity contribution in [3.05, 3.63) is 354 Å². The average Bonchev–Trinajstić information content (AvgIpc) is 3.75. The normalized spacial score (nSPS) is 13.4. The summed E-state index contributed by atoms with van der Waals surface area (Å²) in [4.78, 5) is 2.49. The van der Waals surface area contributed by atoms with Gasteiger partial charge in [-0.3, -0.25) is 0 Å². The Labute approximate surface area is 465 Å². The summed E-state index contributed by atoms with van der Waals surface area (Å²) in [7, 11) is 0. The van der Waals surface area contributed by atoms with Crippen molar-refractivity contribution < 1.29 is 4.42 Å². The lowest BCUT2D eigenvalue weighted by molar-refractivity contribution is 0.616. The number of hydrogen-bond acceptors (Lipinski definition) is 2. The van der Waals surface area contributed by atoms with E-state index < -0.39 is 10.8 Å². The predicted molar refractivity (Wildman–Crippen MR) is 331 cm³/mol. The van der Waals surface area contributed by atoms with Crippen LogP contribution in [0.2, 0.25) is 0 Å². The van der Waals surface area contributed by atoms with Crippen LogP contribution in [0.25, 0.3) is 77.0 Å². The van der Waals surface area contributed by atoms with Crippen molar-refractivity contribution in [1.82, 2.24) is 0 Å². The molecule has 374 valence electrons. The largest absolute Gasteiger partial charge is 0.464 e. The monoisotopic (exact) mass is 1020 g/mol. The zero-order valence-corrected chi connectivity index (χ0v) is 43.8. The summed E-state index contributed by atoms with van der Waals surface area (Å²) in [6.45, 7) is 0. The minimum absolute atomic E-state index is 0.453. The molecule has 0 aliphatic heterocycles. The number of benzene rings is 13. The molecule has 0 N–H and O–H groups in total. The summed E-state index contributed by atoms with van der Waals surface area (Å²) in [6.07, 6.45) is 1.78. The Hall–Kier alpha value is -10.3. The fourth-order valence-electron chi connectivity index (χ4n) is 14.1. The lowest BCUT2D eigenvalue weighted by Gasteiger charge is -2.34. The molecular weight excluding hydrogens is 967 g/mol. The number of hydrogen-bond donors (Lipinski definition) is 0. The van der Waals surface area contributed by atoms with Crippen molar-refractivity contribution in [2.45, 2.75) is 10.8 Å². The van der Waals surface area contributed by atoms with Crippen LogP contribution < -0.4 is 4.90 Å². The summed E-state index contributed by atoms with van der Waals surface area (Å²) >= 11 is 0. The van der Waals surface area contributed by atoms with Gasteiger partial charge in [-0.1, -0.05) is 249 Å². The van der Waals surface area contributed by atoms with Gasteiger partial charge in [-0.2, -0.15) is 0 Å². The smallest absolute Gasteiger partial charge is 0.133 e. The molecule has 1 aromatic heterocycles. The first-order chi connectivity index (χ1) is 39.7. The van der Waals surface area contributed by atoms with E-state index in [0.29, 0.717) is 0 Å². The number of fused-ring (bicyclic) bond motifs is 10. The van der Waals surface area contributed by atoms with Gasteiger partial charge < -0.3 is 9.32 Å². The standard InChI is InChI=1S/C78H51NO/c1-5-20-57(21-6-1)77(58-22-7-2-8-23-58)70-31-17-15-29-65(70)68-50-54(36-43-72(68)77)52-33-38-61(39-34-52)79(74-45-42-64(55-37-46-75-56(49-55)47-48-80-75)76-63-28-14-13-19-53(63)35-41-67(74)76)62-40-44-73-69(51-62)66-30-16-18-32-71(66)78(73,59-24-9-3-10-25-59)60-26-11-4-12-27-60/h1-51H. The first-order valence-corrected chi connectivity index (χ1v) is 27.7. The van der Waals surface area contributed by atoms with Crippen LogP contribution in [0.4, 0.5) is 17.1 Å². The third kappa shape index (κ3) is 6.73. The summed E-state index contributed by atoms with van der Waals surface area (Å²) < 4.78 is 5.84. The molecule has 0 spiro atoms. The summed E-state index contributed by atoms with van der Waals surface area (Å²) in [5, 5.41) is 5.88. The Morgan fingerprint density at radius 2 is 0.775 bits per heavy atom. The van der Waals surface area contributed by atoms with E-state index in [1.807, 2.05) is 0 Å². The maximum atomic E-state index is 5.84. The molecule has 2 aliphatic carbocycles. The zero-order valence-electron chi connectivity index (χ0n) is 43.8. The van der Waals surface area contributed by atoms with Crippen molar-refractivity contribution in [2.24, 2.45) is 0 Å². The van der Waals surface area contributed by atoms with E-state index in [4.69, 9.17) is 4.42 Å². The molecule has 2 nitrogen and oxygen atoms in total. The van der Waals surface area contributed by atoms with E-state index in [2.05, 4.69) is 308 Å². The van der Waals surface area contributed by atoms with Gasteiger partial charge in [0.1, 0.15) is 5.58 Å². The number of rotatable bonds is 9. The second-order valence-electron chi connectivity index (χ2n) is 21.4. The van der Waals surface area contributed by atoms with Crippen LogP contribution in [0.5, 0.6) is 0 Å². The molecule has 0 amide bonds. The van der Waals surface area contributed by atoms with Crippen LogP contribution in [-0.2, 0) is 10.8 Å². The van der Waals surface area contributed by atoms with Gasteiger partial charge in [0.25, 0.3) is 0 Å². The van der Waals surface area contributed by atoms with Crippen molar-refractivity contribution >= 4 is 49.6 Å². The van der Waals surface area contributed by atoms with Gasteiger partial charge in [-0.25, -0.2) is 0 Å². The SMILES string of the molecule is c1ccc(C2(c3ccccc3)c3ccccc3-c3cc(-c4ccc(N(c5ccc6c(c5)-c5ccccc5C6(c5ccccc5)c5ccccc5)c5ccc(-c6ccc7occc7c6)c6c5ccc5ccccc56)cc4)ccc32)cc1. The molecule has 0 saturated heterocycles. The molecule has 1 heterocycles. The zero-order chi connectivity index (χ0) is 52.8. The van der Waals surface area contributed by atoms with E-state index in [0.717, 1.165) is 39.2 Å². The van der Waals surface area contributed by atoms with Gasteiger partial charge in [0.15, 0.2) is 0 Å². The average molecular weight is 1020 g/mol. The minimum Gasteiger partial charge on any atom is -0.464 e. The molecule has 13 aromatic carbocycles. The van der Waals surface area contributed by atoms with Crippen LogP contribution in [0, 0.1) is 0 Å². The summed E-state index contributed by atoms with van der Waals surface area (Å²) in [6, 6.07) is 113. The van der Waals surface area contributed by atoms with Crippen LogP contribution >= 0.6 is 0 Å². The van der Waals surface area contributed by atoms with Crippen LogP contribution in [-0.4, -0.2) is 0 Å². The van der Waals surface area contributed by atoms with Gasteiger partial charge in [0, 0.05) is 22.1 Å². The molecule has 80 heavy (non-hydrogen) atoms. The van der Waals surface area contributed by atoms with Gasteiger partial charge in [-0.05, 0) is 160 Å². The van der Waals surface area contributed by atoms with E-state index in [9.17, 15) is 0 Å².